The summed E-state index contributed by atoms with van der Waals surface area (Å²) in [6.07, 6.45) is 12.5. The van der Waals surface area contributed by atoms with E-state index < -0.39 is 11.2 Å². The molecule has 0 amide bonds. The molecular weight excluding hydrogens is 342 g/mol. The fourth-order valence-electron chi connectivity index (χ4n) is 3.99. The Bertz CT molecular complexity index is 846. The second-order valence-electron chi connectivity index (χ2n) is 7.90. The van der Waals surface area contributed by atoms with Gasteiger partial charge in [-0.05, 0) is 45.2 Å². The topological polar surface area (TPSA) is 93.7 Å². The number of hydrogen-bond donors (Lipinski definition) is 2. The highest BCUT2D eigenvalue weighted by atomic mass is 16.2. The second kappa shape index (κ2) is 8.06. The van der Waals surface area contributed by atoms with E-state index in [1.165, 1.54) is 38.3 Å². The van der Waals surface area contributed by atoms with E-state index in [-0.39, 0.29) is 11.6 Å². The predicted molar refractivity (Wildman–Crippen MR) is 106 cm³/mol. The molecule has 2 atom stereocenters. The summed E-state index contributed by atoms with van der Waals surface area (Å²) in [5.41, 5.74) is -0.544. The van der Waals surface area contributed by atoms with Crippen LogP contribution in [0.4, 0.5) is 0 Å². The average Bonchev–Trinajstić information content (AvgIpc) is 2.67. The monoisotopic (exact) mass is 371 g/mol. The molecule has 0 spiro atoms. The minimum absolute atomic E-state index is 0.146. The van der Waals surface area contributed by atoms with Crippen molar-refractivity contribution >= 4 is 5.70 Å². The summed E-state index contributed by atoms with van der Waals surface area (Å²) in [7, 11) is 0. The van der Waals surface area contributed by atoms with E-state index in [4.69, 9.17) is 0 Å². The Hall–Kier alpha value is -2.44. The minimum atomic E-state index is -0.528. The summed E-state index contributed by atoms with van der Waals surface area (Å²) < 4.78 is 0. The summed E-state index contributed by atoms with van der Waals surface area (Å²) in [6, 6.07) is 0.146. The first kappa shape index (κ1) is 19.3. The smallest absolute Gasteiger partial charge is 0.325 e. The van der Waals surface area contributed by atoms with Crippen LogP contribution in [0.3, 0.4) is 0 Å². The number of nitrogens with zero attached hydrogens (tertiary/aromatic N) is 3. The van der Waals surface area contributed by atoms with E-state index in [0.29, 0.717) is 23.6 Å². The zero-order chi connectivity index (χ0) is 19.4. The third-order valence-electron chi connectivity index (χ3n) is 6.02. The van der Waals surface area contributed by atoms with Crippen molar-refractivity contribution in [3.8, 4) is 0 Å². The maximum Gasteiger partial charge on any atom is 0.325 e. The van der Waals surface area contributed by atoms with Crippen LogP contribution in [0.25, 0.3) is 5.70 Å². The molecule has 2 aliphatic rings. The highest BCUT2D eigenvalue weighted by Crippen LogP contribution is 2.34. The van der Waals surface area contributed by atoms with Crippen LogP contribution in [0.15, 0.2) is 44.9 Å². The van der Waals surface area contributed by atoms with Crippen LogP contribution in [-0.4, -0.2) is 33.0 Å². The zero-order valence-corrected chi connectivity index (χ0v) is 16.2. The molecule has 0 bridgehead atoms. The highest BCUT2D eigenvalue weighted by Gasteiger charge is 2.36. The second-order valence-corrected chi connectivity index (χ2v) is 7.90. The van der Waals surface area contributed by atoms with E-state index in [9.17, 15) is 9.59 Å². The summed E-state index contributed by atoms with van der Waals surface area (Å²) in [4.78, 5) is 30.2. The molecule has 0 saturated heterocycles. The maximum atomic E-state index is 12.0. The van der Waals surface area contributed by atoms with Gasteiger partial charge in [-0.1, -0.05) is 31.9 Å². The van der Waals surface area contributed by atoms with E-state index in [1.54, 1.807) is 0 Å². The van der Waals surface area contributed by atoms with Gasteiger partial charge in [0, 0.05) is 12.7 Å². The predicted octanol–water partition coefficient (Wildman–Crippen LogP) is 3.43. The van der Waals surface area contributed by atoms with E-state index in [0.717, 1.165) is 6.54 Å². The summed E-state index contributed by atoms with van der Waals surface area (Å²) in [5.74, 6) is 0.717. The first-order valence-electron chi connectivity index (χ1n) is 9.76. The number of H-pyrrole nitrogens is 2. The van der Waals surface area contributed by atoms with Crippen molar-refractivity contribution in [1.29, 1.82) is 0 Å². The van der Waals surface area contributed by atoms with Gasteiger partial charge in [0.2, 0.25) is 0 Å². The van der Waals surface area contributed by atoms with Crippen molar-refractivity contribution in [2.24, 2.45) is 16.1 Å². The van der Waals surface area contributed by atoms with Crippen LogP contribution in [0.2, 0.25) is 0 Å². The van der Waals surface area contributed by atoms with Gasteiger partial charge in [0.05, 0.1) is 17.3 Å². The Morgan fingerprint density at radius 1 is 1.37 bits per heavy atom. The molecule has 146 valence electrons. The van der Waals surface area contributed by atoms with Gasteiger partial charge in [-0.15, -0.1) is 0 Å². The van der Waals surface area contributed by atoms with E-state index in [2.05, 4.69) is 45.5 Å². The molecule has 0 aromatic carbocycles. The van der Waals surface area contributed by atoms with Crippen LogP contribution < -0.4 is 11.2 Å². The molecule has 1 aliphatic carbocycles. The Morgan fingerprint density at radius 3 is 2.70 bits per heavy atom. The van der Waals surface area contributed by atoms with Crippen molar-refractivity contribution in [3.05, 3.63) is 51.5 Å². The molecule has 7 heteroatoms. The average molecular weight is 371 g/mol. The van der Waals surface area contributed by atoms with Gasteiger partial charge in [-0.25, -0.2) is 4.79 Å². The number of aromatic nitrogens is 2. The molecule has 2 N–H and O–H groups in total. The largest absolute Gasteiger partial charge is 0.372 e. The lowest BCUT2D eigenvalue weighted by atomic mass is 9.85. The van der Waals surface area contributed by atoms with Crippen molar-refractivity contribution in [1.82, 2.24) is 14.9 Å². The first-order valence-corrected chi connectivity index (χ1v) is 9.76. The molecule has 1 fully saturated rings. The number of aromatic amines is 2. The van der Waals surface area contributed by atoms with Crippen molar-refractivity contribution < 1.29 is 0 Å². The van der Waals surface area contributed by atoms with Gasteiger partial charge in [0.15, 0.2) is 0 Å². The fourth-order valence-corrected chi connectivity index (χ4v) is 3.99. The zero-order valence-electron chi connectivity index (χ0n) is 16.2. The van der Waals surface area contributed by atoms with Crippen molar-refractivity contribution in [3.63, 3.8) is 0 Å². The molecule has 3 rings (SSSR count). The first-order chi connectivity index (χ1) is 12.9. The highest BCUT2D eigenvalue weighted by molar-refractivity contribution is 5.63. The molecule has 7 nitrogen and oxygen atoms in total. The molecule has 27 heavy (non-hydrogen) atoms. The third kappa shape index (κ3) is 4.28. The number of nitrogens with one attached hydrogen (secondary N) is 2. The van der Waals surface area contributed by atoms with Crippen molar-refractivity contribution in [2.75, 3.05) is 6.54 Å². The molecule has 2 heterocycles. The SMILES string of the molecule is C=CN(CC1CCCCC1)C(C)[C@@]1(C)CC=C(c2c[nH]c(=O)[nH]c2=O)N=N1. The molecule has 1 saturated carbocycles. The quantitative estimate of drug-likeness (QED) is 0.802. The van der Waals surface area contributed by atoms with E-state index in [1.807, 2.05) is 12.3 Å². The Balaban J connectivity index is 1.72. The standard InChI is InChI=1S/C20H29N5O2/c1-4-25(13-15-8-6-5-7-9-15)14(2)20(3)11-10-17(23-24-20)16-12-21-19(27)22-18(16)26/h4,10,12,14-15H,1,5-9,11,13H2,2-3H3,(H2,21,22,26,27)/t14?,20-/m1/s1. The van der Waals surface area contributed by atoms with E-state index >= 15 is 0 Å². The lowest BCUT2D eigenvalue weighted by Gasteiger charge is -2.41. The molecular formula is C20H29N5O2. The molecule has 0 radical (unpaired) electrons. The Labute approximate surface area is 159 Å². The number of rotatable bonds is 6. The Kier molecular flexibility index (Phi) is 5.77. The van der Waals surface area contributed by atoms with Crippen molar-refractivity contribution in [2.45, 2.75) is 64.0 Å². The van der Waals surface area contributed by atoms with Crippen LogP contribution in [0.5, 0.6) is 0 Å². The summed E-state index contributed by atoms with van der Waals surface area (Å²) >= 11 is 0. The molecule has 1 aromatic heterocycles. The normalized spacial score (nSPS) is 24.3. The van der Waals surface area contributed by atoms with Gasteiger partial charge < -0.3 is 9.88 Å². The van der Waals surface area contributed by atoms with Crippen LogP contribution >= 0.6 is 0 Å². The van der Waals surface area contributed by atoms with Crippen LogP contribution in [0.1, 0.15) is 57.9 Å². The van der Waals surface area contributed by atoms with Gasteiger partial charge in [-0.2, -0.15) is 10.2 Å². The summed E-state index contributed by atoms with van der Waals surface area (Å²) in [6.45, 7) is 9.27. The van der Waals surface area contributed by atoms with Gasteiger partial charge in [-0.3, -0.25) is 9.78 Å². The third-order valence-corrected chi connectivity index (χ3v) is 6.02. The number of azo groups is 1. The lowest BCUT2D eigenvalue weighted by molar-refractivity contribution is 0.156. The molecule has 1 unspecified atom stereocenters. The minimum Gasteiger partial charge on any atom is -0.372 e. The lowest BCUT2D eigenvalue weighted by Crippen LogP contribution is -2.47. The molecule has 1 aliphatic heterocycles. The summed E-state index contributed by atoms with van der Waals surface area (Å²) in [5, 5.41) is 8.88. The van der Waals surface area contributed by atoms with Gasteiger partial charge >= 0.3 is 5.69 Å². The van der Waals surface area contributed by atoms with Gasteiger partial charge in [0.25, 0.3) is 5.56 Å². The number of hydrogen-bond acceptors (Lipinski definition) is 5. The van der Waals surface area contributed by atoms with Crippen LogP contribution in [0, 0.1) is 5.92 Å². The molecule has 1 aromatic rings. The van der Waals surface area contributed by atoms with Crippen LogP contribution in [-0.2, 0) is 0 Å². The fraction of sp³-hybridized carbons (Fsp3) is 0.600. The van der Waals surface area contributed by atoms with Gasteiger partial charge in [0.1, 0.15) is 5.54 Å². The maximum absolute atomic E-state index is 12.0. The Morgan fingerprint density at radius 2 is 2.11 bits per heavy atom.